The minimum Gasteiger partial charge on any atom is -0.366 e. The molecule has 0 aliphatic carbocycles. The Balaban J connectivity index is 2.97. The summed E-state index contributed by atoms with van der Waals surface area (Å²) in [7, 11) is 0. The molecule has 0 fully saturated rings. The Morgan fingerprint density at radius 3 is 2.75 bits per heavy atom. The second-order valence-corrected chi connectivity index (χ2v) is 4.31. The third-order valence-electron chi connectivity index (χ3n) is 1.93. The van der Waals surface area contributed by atoms with Crippen LogP contribution in [0.1, 0.15) is 5.56 Å². The molecule has 1 nitrogen and oxygen atoms in total. The van der Waals surface area contributed by atoms with Crippen molar-refractivity contribution in [2.24, 2.45) is 0 Å². The van der Waals surface area contributed by atoms with Gasteiger partial charge in [0.05, 0.1) is 5.02 Å². The summed E-state index contributed by atoms with van der Waals surface area (Å²) in [6.45, 7) is 2.02. The summed E-state index contributed by atoms with van der Waals surface area (Å²) in [5.41, 5.74) is 1.13. The molecule has 1 aromatic heterocycles. The van der Waals surface area contributed by atoms with Crippen molar-refractivity contribution in [3.63, 3.8) is 0 Å². The molecular formula is C9H7ClIN. The average molecular weight is 292 g/mol. The summed E-state index contributed by atoms with van der Waals surface area (Å²) in [4.78, 5) is 3.06. The van der Waals surface area contributed by atoms with Crippen molar-refractivity contribution in [2.75, 3.05) is 0 Å². The number of H-pyrrole nitrogens is 1. The first-order valence-electron chi connectivity index (χ1n) is 3.61. The number of hydrogen-bond acceptors (Lipinski definition) is 0. The monoisotopic (exact) mass is 291 g/mol. The van der Waals surface area contributed by atoms with Gasteiger partial charge < -0.3 is 4.98 Å². The molecule has 0 unspecified atom stereocenters. The Labute approximate surface area is 89.3 Å². The minimum atomic E-state index is 0.853. The zero-order chi connectivity index (χ0) is 8.72. The number of aromatic amines is 1. The molecule has 2 rings (SSSR count). The van der Waals surface area contributed by atoms with Crippen molar-refractivity contribution in [1.29, 1.82) is 0 Å². The van der Waals surface area contributed by atoms with E-state index in [-0.39, 0.29) is 0 Å². The van der Waals surface area contributed by atoms with Gasteiger partial charge in [-0.2, -0.15) is 0 Å². The molecule has 1 aromatic carbocycles. The summed E-state index contributed by atoms with van der Waals surface area (Å²) < 4.78 is 1.24. The fourth-order valence-electron chi connectivity index (χ4n) is 1.29. The van der Waals surface area contributed by atoms with Gasteiger partial charge in [0.25, 0.3) is 0 Å². The Morgan fingerprint density at radius 1 is 1.33 bits per heavy atom. The first-order valence-corrected chi connectivity index (χ1v) is 5.07. The van der Waals surface area contributed by atoms with E-state index in [2.05, 4.69) is 33.6 Å². The van der Waals surface area contributed by atoms with E-state index < -0.39 is 0 Å². The standard InChI is InChI=1S/C9H7ClIN/c1-5-2-8(11)6-3-12-4-7(6)9(5)10/h2-4,12H,1H3. The van der Waals surface area contributed by atoms with Gasteiger partial charge in [-0.15, -0.1) is 0 Å². The largest absolute Gasteiger partial charge is 0.366 e. The third-order valence-corrected chi connectivity index (χ3v) is 3.32. The van der Waals surface area contributed by atoms with Gasteiger partial charge in [0.2, 0.25) is 0 Å². The Kier molecular flexibility index (Phi) is 2.04. The van der Waals surface area contributed by atoms with Crippen LogP contribution in [0.15, 0.2) is 18.5 Å². The lowest BCUT2D eigenvalue weighted by molar-refractivity contribution is 1.43. The van der Waals surface area contributed by atoms with E-state index in [0.29, 0.717) is 0 Å². The van der Waals surface area contributed by atoms with Crippen LogP contribution >= 0.6 is 34.2 Å². The highest BCUT2D eigenvalue weighted by molar-refractivity contribution is 14.1. The molecule has 12 heavy (non-hydrogen) atoms. The zero-order valence-electron chi connectivity index (χ0n) is 6.49. The normalized spacial score (nSPS) is 10.9. The smallest absolute Gasteiger partial charge is 0.0529 e. The van der Waals surface area contributed by atoms with Crippen LogP contribution in [0.25, 0.3) is 10.8 Å². The van der Waals surface area contributed by atoms with Gasteiger partial charge >= 0.3 is 0 Å². The Bertz CT molecular complexity index is 433. The van der Waals surface area contributed by atoms with Crippen LogP contribution in [-0.2, 0) is 0 Å². The quantitative estimate of drug-likeness (QED) is 0.712. The molecule has 0 bridgehead atoms. The van der Waals surface area contributed by atoms with E-state index in [4.69, 9.17) is 11.6 Å². The average Bonchev–Trinajstić information content (AvgIpc) is 2.48. The molecule has 1 heterocycles. The van der Waals surface area contributed by atoms with E-state index in [1.807, 2.05) is 19.3 Å². The molecule has 0 aliphatic heterocycles. The van der Waals surface area contributed by atoms with Gasteiger partial charge in [-0.25, -0.2) is 0 Å². The van der Waals surface area contributed by atoms with Crippen molar-refractivity contribution in [3.8, 4) is 0 Å². The Hall–Kier alpha value is -0.220. The summed E-state index contributed by atoms with van der Waals surface area (Å²) in [5.74, 6) is 0. The number of rotatable bonds is 0. The van der Waals surface area contributed by atoms with Gasteiger partial charge in [-0.3, -0.25) is 0 Å². The lowest BCUT2D eigenvalue weighted by Gasteiger charge is -2.00. The van der Waals surface area contributed by atoms with Gasteiger partial charge in [-0.1, -0.05) is 11.6 Å². The molecule has 3 heteroatoms. The summed E-state index contributed by atoms with van der Waals surface area (Å²) in [6.07, 6.45) is 3.91. The number of aromatic nitrogens is 1. The predicted molar refractivity (Wildman–Crippen MR) is 60.8 cm³/mol. The van der Waals surface area contributed by atoms with Crippen LogP contribution in [-0.4, -0.2) is 4.98 Å². The lowest BCUT2D eigenvalue weighted by Crippen LogP contribution is -1.79. The lowest BCUT2D eigenvalue weighted by atomic mass is 10.1. The third kappa shape index (κ3) is 1.13. The maximum absolute atomic E-state index is 6.12. The fraction of sp³-hybridized carbons (Fsp3) is 0.111. The Morgan fingerprint density at radius 2 is 2.00 bits per heavy atom. The van der Waals surface area contributed by atoms with Crippen LogP contribution < -0.4 is 0 Å². The van der Waals surface area contributed by atoms with E-state index in [1.165, 1.54) is 8.96 Å². The van der Waals surface area contributed by atoms with E-state index >= 15 is 0 Å². The van der Waals surface area contributed by atoms with Crippen LogP contribution in [0.4, 0.5) is 0 Å². The molecule has 0 radical (unpaired) electrons. The highest BCUT2D eigenvalue weighted by atomic mass is 127. The highest BCUT2D eigenvalue weighted by Gasteiger charge is 2.06. The number of aryl methyl sites for hydroxylation is 1. The van der Waals surface area contributed by atoms with Crippen molar-refractivity contribution in [3.05, 3.63) is 32.6 Å². The van der Waals surface area contributed by atoms with E-state index in [0.717, 1.165) is 16.0 Å². The van der Waals surface area contributed by atoms with E-state index in [1.54, 1.807) is 0 Å². The number of benzene rings is 1. The minimum absolute atomic E-state index is 0.853. The molecule has 1 N–H and O–H groups in total. The molecule has 0 saturated heterocycles. The fourth-order valence-corrected chi connectivity index (χ4v) is 2.41. The van der Waals surface area contributed by atoms with Crippen molar-refractivity contribution < 1.29 is 0 Å². The van der Waals surface area contributed by atoms with Gasteiger partial charge in [0.1, 0.15) is 0 Å². The molecule has 0 aliphatic rings. The molecule has 0 amide bonds. The first kappa shape index (κ1) is 8.38. The van der Waals surface area contributed by atoms with E-state index in [9.17, 15) is 0 Å². The van der Waals surface area contributed by atoms with Gasteiger partial charge in [0.15, 0.2) is 0 Å². The number of hydrogen-bond donors (Lipinski definition) is 1. The number of fused-ring (bicyclic) bond motifs is 1. The molecule has 62 valence electrons. The molecule has 2 aromatic rings. The predicted octanol–water partition coefficient (Wildman–Crippen LogP) is 3.73. The number of halogens is 2. The maximum atomic E-state index is 6.12. The highest BCUT2D eigenvalue weighted by Crippen LogP contribution is 2.30. The SMILES string of the molecule is Cc1cc(I)c2c[nH]cc2c1Cl. The number of nitrogens with one attached hydrogen (secondary N) is 1. The van der Waals surface area contributed by atoms with Crippen LogP contribution in [0.5, 0.6) is 0 Å². The second kappa shape index (κ2) is 2.92. The second-order valence-electron chi connectivity index (χ2n) is 2.77. The molecular weight excluding hydrogens is 284 g/mol. The first-order chi connectivity index (χ1) is 5.70. The summed E-state index contributed by atoms with van der Waals surface area (Å²) in [6, 6.07) is 2.10. The molecule has 0 spiro atoms. The van der Waals surface area contributed by atoms with Gasteiger partial charge in [0, 0.05) is 26.7 Å². The maximum Gasteiger partial charge on any atom is 0.0529 e. The summed E-state index contributed by atoms with van der Waals surface area (Å²) in [5, 5.41) is 3.17. The van der Waals surface area contributed by atoms with Crippen molar-refractivity contribution >= 4 is 45.0 Å². The topological polar surface area (TPSA) is 15.8 Å². The summed E-state index contributed by atoms with van der Waals surface area (Å²) >= 11 is 8.43. The van der Waals surface area contributed by atoms with Crippen LogP contribution in [0.2, 0.25) is 5.02 Å². The zero-order valence-corrected chi connectivity index (χ0v) is 9.40. The van der Waals surface area contributed by atoms with Crippen LogP contribution in [0, 0.1) is 10.5 Å². The van der Waals surface area contributed by atoms with Crippen molar-refractivity contribution in [1.82, 2.24) is 4.98 Å². The van der Waals surface area contributed by atoms with Crippen LogP contribution in [0.3, 0.4) is 0 Å². The molecule has 0 atom stereocenters. The molecule has 0 saturated carbocycles. The van der Waals surface area contributed by atoms with Crippen molar-refractivity contribution in [2.45, 2.75) is 6.92 Å². The van der Waals surface area contributed by atoms with Gasteiger partial charge in [-0.05, 0) is 41.1 Å².